The molecule has 6 heteroatoms. The van der Waals surface area contributed by atoms with Crippen LogP contribution in [0.15, 0.2) is 10.7 Å². The van der Waals surface area contributed by atoms with Gasteiger partial charge in [0.2, 0.25) is 0 Å². The molecule has 15 heavy (non-hydrogen) atoms. The number of hydrogen-bond acceptors (Lipinski definition) is 4. The summed E-state index contributed by atoms with van der Waals surface area (Å²) in [5, 5.41) is 17.0. The van der Waals surface area contributed by atoms with Crippen LogP contribution in [-0.2, 0) is 11.8 Å². The summed E-state index contributed by atoms with van der Waals surface area (Å²) in [7, 11) is 3.45. The van der Waals surface area contributed by atoms with Gasteiger partial charge < -0.3 is 15.2 Å². The van der Waals surface area contributed by atoms with Crippen LogP contribution >= 0.6 is 15.9 Å². The molecule has 0 radical (unpaired) electrons. The normalized spacial score (nSPS) is 13.1. The molecule has 1 aromatic heterocycles. The van der Waals surface area contributed by atoms with Gasteiger partial charge in [-0.3, -0.25) is 4.68 Å². The second-order valence-corrected chi connectivity index (χ2v) is 4.07. The van der Waals surface area contributed by atoms with E-state index in [1.54, 1.807) is 25.0 Å². The van der Waals surface area contributed by atoms with E-state index < -0.39 is 6.10 Å². The van der Waals surface area contributed by atoms with E-state index in [1.807, 2.05) is 0 Å². The Kier molecular flexibility index (Phi) is 5.24. The maximum absolute atomic E-state index is 9.88. The molecule has 1 rings (SSSR count). The first kappa shape index (κ1) is 12.6. The molecule has 2 N–H and O–H groups in total. The number of aromatic nitrogens is 2. The molecule has 1 atom stereocenters. The fourth-order valence-electron chi connectivity index (χ4n) is 1.30. The Morgan fingerprint density at radius 1 is 1.73 bits per heavy atom. The average Bonchev–Trinajstić information content (AvgIpc) is 2.53. The van der Waals surface area contributed by atoms with Crippen LogP contribution in [0.2, 0.25) is 0 Å². The Hall–Kier alpha value is -0.430. The minimum absolute atomic E-state index is 0.488. The van der Waals surface area contributed by atoms with Crippen LogP contribution in [0.4, 0.5) is 0 Å². The molecule has 0 saturated heterocycles. The summed E-state index contributed by atoms with van der Waals surface area (Å²) in [5.41, 5.74) is 0.778. The maximum Gasteiger partial charge on any atom is 0.109 e. The first-order valence-electron chi connectivity index (χ1n) is 4.72. The van der Waals surface area contributed by atoms with Gasteiger partial charge in [0.25, 0.3) is 0 Å². The quantitative estimate of drug-likeness (QED) is 0.742. The number of ether oxygens (including phenoxy) is 1. The molecule has 0 amide bonds. The molecule has 0 aliphatic carbocycles. The van der Waals surface area contributed by atoms with Gasteiger partial charge in [0.05, 0.1) is 23.0 Å². The zero-order valence-electron chi connectivity index (χ0n) is 8.90. The number of aliphatic hydroxyl groups excluding tert-OH is 1. The lowest BCUT2D eigenvalue weighted by molar-refractivity contribution is 0.154. The van der Waals surface area contributed by atoms with Crippen LogP contribution in [-0.4, -0.2) is 41.7 Å². The van der Waals surface area contributed by atoms with Gasteiger partial charge in [0.1, 0.15) is 6.10 Å². The number of rotatable bonds is 6. The zero-order valence-corrected chi connectivity index (χ0v) is 10.5. The van der Waals surface area contributed by atoms with E-state index in [2.05, 4.69) is 26.3 Å². The summed E-state index contributed by atoms with van der Waals surface area (Å²) >= 11 is 3.34. The Balaban J connectivity index is 2.43. The first-order chi connectivity index (χ1) is 7.16. The highest BCUT2D eigenvalue weighted by Gasteiger charge is 2.15. The van der Waals surface area contributed by atoms with Crippen molar-refractivity contribution in [2.24, 2.45) is 7.05 Å². The number of nitrogens with zero attached hydrogens (tertiary/aromatic N) is 2. The fourth-order valence-corrected chi connectivity index (χ4v) is 1.92. The van der Waals surface area contributed by atoms with Crippen molar-refractivity contribution in [3.63, 3.8) is 0 Å². The van der Waals surface area contributed by atoms with E-state index in [9.17, 15) is 5.11 Å². The Morgan fingerprint density at radius 2 is 2.47 bits per heavy atom. The third-order valence-electron chi connectivity index (χ3n) is 2.07. The molecule has 1 aromatic rings. The lowest BCUT2D eigenvalue weighted by atomic mass is 10.2. The predicted octanol–water partition coefficient (Wildman–Crippen LogP) is 0.452. The molecule has 0 bridgehead atoms. The number of aliphatic hydroxyl groups is 1. The van der Waals surface area contributed by atoms with Crippen LogP contribution < -0.4 is 5.32 Å². The minimum Gasteiger partial charge on any atom is -0.385 e. The van der Waals surface area contributed by atoms with Crippen molar-refractivity contribution in [3.05, 3.63) is 16.4 Å². The summed E-state index contributed by atoms with van der Waals surface area (Å²) in [5.74, 6) is 0. The fraction of sp³-hybridized carbons (Fsp3) is 0.667. The SMILES string of the molecule is COCCNCC(O)c1c(Br)cnn1C. The Labute approximate surface area is 97.6 Å². The van der Waals surface area contributed by atoms with Crippen molar-refractivity contribution in [2.45, 2.75) is 6.10 Å². The number of halogens is 1. The summed E-state index contributed by atoms with van der Waals surface area (Å²) in [6.45, 7) is 1.85. The number of aryl methyl sites for hydroxylation is 1. The van der Waals surface area contributed by atoms with Gasteiger partial charge in [-0.15, -0.1) is 0 Å². The summed E-state index contributed by atoms with van der Waals surface area (Å²) in [4.78, 5) is 0. The van der Waals surface area contributed by atoms with Crippen molar-refractivity contribution in [1.29, 1.82) is 0 Å². The minimum atomic E-state index is -0.566. The van der Waals surface area contributed by atoms with Crippen LogP contribution in [0.5, 0.6) is 0 Å². The van der Waals surface area contributed by atoms with Gasteiger partial charge in [-0.05, 0) is 15.9 Å². The lowest BCUT2D eigenvalue weighted by Crippen LogP contribution is -2.26. The molecular formula is C9H16BrN3O2. The highest BCUT2D eigenvalue weighted by molar-refractivity contribution is 9.10. The van der Waals surface area contributed by atoms with Crippen LogP contribution in [0.1, 0.15) is 11.8 Å². The van der Waals surface area contributed by atoms with E-state index in [4.69, 9.17) is 4.74 Å². The van der Waals surface area contributed by atoms with Crippen LogP contribution in [0.25, 0.3) is 0 Å². The van der Waals surface area contributed by atoms with Gasteiger partial charge >= 0.3 is 0 Å². The van der Waals surface area contributed by atoms with Crippen LogP contribution in [0, 0.1) is 0 Å². The topological polar surface area (TPSA) is 59.3 Å². The van der Waals surface area contributed by atoms with E-state index in [0.29, 0.717) is 13.2 Å². The van der Waals surface area contributed by atoms with Gasteiger partial charge in [0.15, 0.2) is 0 Å². The van der Waals surface area contributed by atoms with Gasteiger partial charge in [-0.25, -0.2) is 0 Å². The van der Waals surface area contributed by atoms with Crippen molar-refractivity contribution in [3.8, 4) is 0 Å². The van der Waals surface area contributed by atoms with Gasteiger partial charge in [-0.2, -0.15) is 5.10 Å². The lowest BCUT2D eigenvalue weighted by Gasteiger charge is -2.12. The number of nitrogens with one attached hydrogen (secondary N) is 1. The molecule has 0 saturated carbocycles. The highest BCUT2D eigenvalue weighted by Crippen LogP contribution is 2.21. The van der Waals surface area contributed by atoms with Crippen molar-refractivity contribution >= 4 is 15.9 Å². The predicted molar refractivity (Wildman–Crippen MR) is 60.6 cm³/mol. The molecule has 1 heterocycles. The van der Waals surface area contributed by atoms with Gasteiger partial charge in [-0.1, -0.05) is 0 Å². The van der Waals surface area contributed by atoms with E-state index >= 15 is 0 Å². The van der Waals surface area contributed by atoms with Crippen molar-refractivity contribution in [1.82, 2.24) is 15.1 Å². The second kappa shape index (κ2) is 6.22. The van der Waals surface area contributed by atoms with E-state index in [-0.39, 0.29) is 0 Å². The van der Waals surface area contributed by atoms with Crippen molar-refractivity contribution < 1.29 is 9.84 Å². The van der Waals surface area contributed by atoms with Crippen molar-refractivity contribution in [2.75, 3.05) is 26.8 Å². The van der Waals surface area contributed by atoms with E-state index in [1.165, 1.54) is 0 Å². The summed E-state index contributed by atoms with van der Waals surface area (Å²) < 4.78 is 7.38. The smallest absolute Gasteiger partial charge is 0.109 e. The molecular weight excluding hydrogens is 262 g/mol. The first-order valence-corrected chi connectivity index (χ1v) is 5.51. The number of hydrogen-bond donors (Lipinski definition) is 2. The van der Waals surface area contributed by atoms with Gasteiger partial charge in [0, 0.05) is 27.2 Å². The summed E-state index contributed by atoms with van der Waals surface area (Å²) in [6, 6.07) is 0. The molecule has 0 fully saturated rings. The summed E-state index contributed by atoms with van der Waals surface area (Å²) in [6.07, 6.45) is 1.11. The molecule has 1 unspecified atom stereocenters. The Bertz CT molecular complexity index is 284. The van der Waals surface area contributed by atoms with Crippen LogP contribution in [0.3, 0.4) is 0 Å². The monoisotopic (exact) mass is 277 g/mol. The maximum atomic E-state index is 9.88. The third kappa shape index (κ3) is 3.57. The highest BCUT2D eigenvalue weighted by atomic mass is 79.9. The molecule has 0 aromatic carbocycles. The molecule has 0 aliphatic heterocycles. The average molecular weight is 278 g/mol. The molecule has 5 nitrogen and oxygen atoms in total. The molecule has 0 aliphatic rings. The standard InChI is InChI=1S/C9H16BrN3O2/c1-13-9(7(10)5-12-13)8(14)6-11-3-4-15-2/h5,8,11,14H,3-4,6H2,1-2H3. The zero-order chi connectivity index (χ0) is 11.3. The van der Waals surface area contributed by atoms with E-state index in [0.717, 1.165) is 16.7 Å². The largest absolute Gasteiger partial charge is 0.385 e. The molecule has 86 valence electrons. The Morgan fingerprint density at radius 3 is 3.00 bits per heavy atom. The number of methoxy groups -OCH3 is 1. The second-order valence-electron chi connectivity index (χ2n) is 3.21. The molecule has 0 spiro atoms. The third-order valence-corrected chi connectivity index (χ3v) is 2.68.